The van der Waals surface area contributed by atoms with Crippen LogP contribution in [0.1, 0.15) is 74.0 Å². The van der Waals surface area contributed by atoms with Gasteiger partial charge in [-0.05, 0) is 72.7 Å². The van der Waals surface area contributed by atoms with Gasteiger partial charge in [0.05, 0.1) is 5.69 Å². The number of nitrogens with zero attached hydrogens (tertiary/aromatic N) is 4. The van der Waals surface area contributed by atoms with Gasteiger partial charge in [0.15, 0.2) is 0 Å². The fourth-order valence-electron chi connectivity index (χ4n) is 6.74. The number of ether oxygens (including phenoxy) is 1. The molecule has 0 aliphatic carbocycles. The molecule has 5 nitrogen and oxygen atoms in total. The molecular weight excluding hydrogens is 784 g/mol. The second kappa shape index (κ2) is 14.6. The van der Waals surface area contributed by atoms with Crippen LogP contribution in [0.2, 0.25) is 0 Å². The van der Waals surface area contributed by atoms with Crippen LogP contribution in [0.15, 0.2) is 91.1 Å². The molecular formula is C43H42N4OPt. The first-order chi connectivity index (χ1) is 23.3. The molecule has 0 saturated heterocycles. The summed E-state index contributed by atoms with van der Waals surface area (Å²) in [4.78, 5) is 4.77. The molecule has 4 aromatic carbocycles. The van der Waals surface area contributed by atoms with Crippen molar-refractivity contribution in [2.45, 2.75) is 73.1 Å². The number of rotatable bonds is 10. The van der Waals surface area contributed by atoms with Crippen LogP contribution < -0.4 is 4.74 Å². The first kappa shape index (κ1) is 34.4. The molecule has 7 aromatic rings. The summed E-state index contributed by atoms with van der Waals surface area (Å²) in [7, 11) is 0. The van der Waals surface area contributed by atoms with Crippen molar-refractivity contribution in [1.82, 2.24) is 19.3 Å². The van der Waals surface area contributed by atoms with E-state index in [1.54, 1.807) is 0 Å². The first-order valence-corrected chi connectivity index (χ1v) is 17.1. The second-order valence-corrected chi connectivity index (χ2v) is 13.2. The third kappa shape index (κ3) is 6.87. The average molecular weight is 826 g/mol. The third-order valence-corrected chi connectivity index (χ3v) is 9.23. The van der Waals surface area contributed by atoms with Crippen LogP contribution in [-0.4, -0.2) is 19.3 Å². The van der Waals surface area contributed by atoms with E-state index in [0.717, 1.165) is 68.8 Å². The molecule has 7 rings (SSSR count). The zero-order valence-electron chi connectivity index (χ0n) is 29.1. The number of hydrogen-bond donors (Lipinski definition) is 0. The average Bonchev–Trinajstić information content (AvgIpc) is 3.57. The summed E-state index contributed by atoms with van der Waals surface area (Å²) in [6.45, 7) is 13.0. The Kier molecular flexibility index (Phi) is 10.2. The Morgan fingerprint density at radius 1 is 0.816 bits per heavy atom. The quantitative estimate of drug-likeness (QED) is 0.102. The number of fused-ring (bicyclic) bond motifs is 3. The number of aromatic nitrogens is 4. The van der Waals surface area contributed by atoms with Crippen molar-refractivity contribution < 1.29 is 25.8 Å². The van der Waals surface area contributed by atoms with Gasteiger partial charge < -0.3 is 9.30 Å². The number of aryl methyl sites for hydroxylation is 3. The number of pyridine rings is 1. The smallest absolute Gasteiger partial charge is 0.509 e. The summed E-state index contributed by atoms with van der Waals surface area (Å²) in [5, 5.41) is 7.30. The molecule has 0 unspecified atom stereocenters. The fourth-order valence-corrected chi connectivity index (χ4v) is 6.74. The van der Waals surface area contributed by atoms with Crippen molar-refractivity contribution in [3.63, 3.8) is 0 Å². The maximum atomic E-state index is 6.64. The topological polar surface area (TPSA) is 44.9 Å². The Balaban J connectivity index is 0.00000417. The van der Waals surface area contributed by atoms with Crippen molar-refractivity contribution in [1.29, 1.82) is 0 Å². The molecule has 6 heteroatoms. The molecule has 49 heavy (non-hydrogen) atoms. The van der Waals surface area contributed by atoms with Gasteiger partial charge in [0, 0.05) is 34.5 Å². The van der Waals surface area contributed by atoms with Gasteiger partial charge in [0.25, 0.3) is 0 Å². The van der Waals surface area contributed by atoms with Crippen molar-refractivity contribution in [2.24, 2.45) is 0 Å². The number of hydrogen-bond acceptors (Lipinski definition) is 3. The van der Waals surface area contributed by atoms with Crippen LogP contribution in [0.25, 0.3) is 44.4 Å². The molecule has 0 amide bonds. The van der Waals surface area contributed by atoms with Crippen molar-refractivity contribution in [3.8, 4) is 34.1 Å². The summed E-state index contributed by atoms with van der Waals surface area (Å²) >= 11 is 0. The molecule has 0 spiro atoms. The standard InChI is InChI=1S/C43H42N4O.Pt/c1-7-8-10-13-32-23-35(47-31(6)43(30(5)45-47)33-14-11-9-12-15-33)26-37(24-32)48-36-17-18-38-39-25-34(28(2)3)16-19-40(39)46(41(38)27-36)42-22-29(4)20-21-44-42;/h9,11-12,14-25,28H,7-8,10,13H2,1-6H3;/q-2;+2. The fraction of sp³-hybridized carbons (Fsp3) is 0.256. The van der Waals surface area contributed by atoms with Gasteiger partial charge in [-0.15, -0.1) is 35.7 Å². The normalized spacial score (nSPS) is 11.4. The van der Waals surface area contributed by atoms with E-state index in [1.807, 2.05) is 29.1 Å². The minimum atomic E-state index is 0. The van der Waals surface area contributed by atoms with E-state index in [-0.39, 0.29) is 21.1 Å². The second-order valence-electron chi connectivity index (χ2n) is 13.2. The van der Waals surface area contributed by atoms with E-state index in [1.165, 1.54) is 29.4 Å². The number of benzene rings is 4. The Morgan fingerprint density at radius 2 is 1.63 bits per heavy atom. The minimum absolute atomic E-state index is 0. The van der Waals surface area contributed by atoms with Crippen LogP contribution in [-0.2, 0) is 27.5 Å². The van der Waals surface area contributed by atoms with Crippen molar-refractivity contribution in [2.75, 3.05) is 0 Å². The summed E-state index contributed by atoms with van der Waals surface area (Å²) in [5.41, 5.74) is 11.0. The SMILES string of the molecule is CCCCCc1cc(Oc2[c-]c3c(cc2)c2cc(C(C)C)ccc2n3-c2cc(C)ccn2)[c-]c(-n2nc(C)c(-c3ccccc3)c2C)c1.[Pt+2]. The van der Waals surface area contributed by atoms with Crippen LogP contribution >= 0.6 is 0 Å². The molecule has 0 aliphatic heterocycles. The monoisotopic (exact) mass is 825 g/mol. The molecule has 0 saturated carbocycles. The van der Waals surface area contributed by atoms with E-state index in [4.69, 9.17) is 14.8 Å². The Bertz CT molecular complexity index is 2250. The van der Waals surface area contributed by atoms with Gasteiger partial charge in [-0.2, -0.15) is 16.7 Å². The molecule has 3 heterocycles. The van der Waals surface area contributed by atoms with E-state index < -0.39 is 0 Å². The Labute approximate surface area is 304 Å². The van der Waals surface area contributed by atoms with Crippen molar-refractivity contribution >= 4 is 21.8 Å². The summed E-state index contributed by atoms with van der Waals surface area (Å²) in [5.74, 6) is 2.58. The molecule has 250 valence electrons. The molecule has 0 radical (unpaired) electrons. The van der Waals surface area contributed by atoms with Gasteiger partial charge in [0.1, 0.15) is 5.82 Å². The largest absolute Gasteiger partial charge is 2.00 e. The molecule has 0 bridgehead atoms. The van der Waals surface area contributed by atoms with E-state index in [0.29, 0.717) is 17.4 Å². The summed E-state index contributed by atoms with van der Waals surface area (Å²) in [6.07, 6.45) is 6.30. The van der Waals surface area contributed by atoms with E-state index in [9.17, 15) is 0 Å². The van der Waals surface area contributed by atoms with Crippen LogP contribution in [0, 0.1) is 32.9 Å². The van der Waals surface area contributed by atoms with Crippen LogP contribution in [0.4, 0.5) is 0 Å². The van der Waals surface area contributed by atoms with Gasteiger partial charge in [-0.1, -0.05) is 94.4 Å². The molecule has 0 aliphatic rings. The molecule has 0 atom stereocenters. The Morgan fingerprint density at radius 3 is 2.39 bits per heavy atom. The van der Waals surface area contributed by atoms with Crippen molar-refractivity contribution in [3.05, 3.63) is 131 Å². The number of unbranched alkanes of at least 4 members (excludes halogenated alkanes) is 2. The predicted octanol–water partition coefficient (Wildman–Crippen LogP) is 11.2. The summed E-state index contributed by atoms with van der Waals surface area (Å²) < 4.78 is 10.9. The van der Waals surface area contributed by atoms with Gasteiger partial charge in [-0.3, -0.25) is 4.68 Å². The van der Waals surface area contributed by atoms with E-state index in [2.05, 4.69) is 125 Å². The Hall–Kier alpha value is -4.47. The maximum Gasteiger partial charge on any atom is 2.00 e. The van der Waals surface area contributed by atoms with Gasteiger partial charge in [-0.25, -0.2) is 4.98 Å². The predicted molar refractivity (Wildman–Crippen MR) is 197 cm³/mol. The zero-order chi connectivity index (χ0) is 33.4. The molecule has 3 aromatic heterocycles. The zero-order valence-corrected chi connectivity index (χ0v) is 31.4. The van der Waals surface area contributed by atoms with Gasteiger partial charge in [0.2, 0.25) is 0 Å². The summed E-state index contributed by atoms with van der Waals surface area (Å²) in [6, 6.07) is 37.0. The van der Waals surface area contributed by atoms with Crippen LogP contribution in [0.5, 0.6) is 11.5 Å². The third-order valence-electron chi connectivity index (χ3n) is 9.23. The minimum Gasteiger partial charge on any atom is -0.509 e. The van der Waals surface area contributed by atoms with E-state index >= 15 is 0 Å². The first-order valence-electron chi connectivity index (χ1n) is 17.1. The van der Waals surface area contributed by atoms with Gasteiger partial charge >= 0.3 is 21.1 Å². The van der Waals surface area contributed by atoms with Crippen LogP contribution in [0.3, 0.4) is 0 Å². The maximum absolute atomic E-state index is 6.64. The molecule has 0 N–H and O–H groups in total. The molecule has 0 fully saturated rings.